The van der Waals surface area contributed by atoms with Crippen molar-refractivity contribution < 1.29 is 0 Å². The van der Waals surface area contributed by atoms with E-state index >= 15 is 0 Å². The van der Waals surface area contributed by atoms with Gasteiger partial charge in [-0.05, 0) is 19.1 Å². The van der Waals surface area contributed by atoms with Crippen molar-refractivity contribution in [3.8, 4) is 0 Å². The summed E-state index contributed by atoms with van der Waals surface area (Å²) in [6.07, 6.45) is 5.52. The van der Waals surface area contributed by atoms with Gasteiger partial charge in [-0.15, -0.1) is 0 Å². The minimum Gasteiger partial charge on any atom is -0.378 e. The number of anilines is 1. The molecule has 4 nitrogen and oxygen atoms in total. The molecule has 0 radical (unpaired) electrons. The number of rotatable bonds is 3. The molecule has 2 aromatic heterocycles. The first-order valence-corrected chi connectivity index (χ1v) is 5.39. The van der Waals surface area contributed by atoms with E-state index in [9.17, 15) is 0 Å². The largest absolute Gasteiger partial charge is 0.378 e. The normalized spacial score (nSPS) is 12.4. The second kappa shape index (κ2) is 4.53. The topological polar surface area (TPSA) is 42.7 Å². The van der Waals surface area contributed by atoms with Crippen LogP contribution in [0.25, 0.3) is 0 Å². The molecule has 0 bridgehead atoms. The second-order valence-corrected chi connectivity index (χ2v) is 4.07. The number of hydrogen-bond acceptors (Lipinski definition) is 3. The van der Waals surface area contributed by atoms with Crippen LogP contribution >= 0.6 is 11.6 Å². The van der Waals surface area contributed by atoms with Crippen LogP contribution in [0.3, 0.4) is 0 Å². The third-order valence-electron chi connectivity index (χ3n) is 2.33. The van der Waals surface area contributed by atoms with Crippen LogP contribution in [0.4, 0.5) is 5.69 Å². The summed E-state index contributed by atoms with van der Waals surface area (Å²) in [5.74, 6) is 0. The van der Waals surface area contributed by atoms with Gasteiger partial charge < -0.3 is 5.32 Å². The van der Waals surface area contributed by atoms with E-state index in [1.165, 1.54) is 0 Å². The molecule has 0 spiro atoms. The van der Waals surface area contributed by atoms with Gasteiger partial charge in [0.2, 0.25) is 0 Å². The van der Waals surface area contributed by atoms with Gasteiger partial charge in [-0.1, -0.05) is 11.6 Å². The monoisotopic (exact) mass is 236 g/mol. The summed E-state index contributed by atoms with van der Waals surface area (Å²) in [6, 6.07) is 3.87. The molecule has 1 unspecified atom stereocenters. The maximum Gasteiger partial charge on any atom is 0.131 e. The Hall–Kier alpha value is -1.55. The van der Waals surface area contributed by atoms with E-state index < -0.39 is 0 Å². The van der Waals surface area contributed by atoms with Crippen LogP contribution in [-0.4, -0.2) is 14.8 Å². The average molecular weight is 237 g/mol. The number of pyridine rings is 1. The lowest BCUT2D eigenvalue weighted by Crippen LogP contribution is -2.05. The molecule has 5 heteroatoms. The van der Waals surface area contributed by atoms with E-state index in [2.05, 4.69) is 22.3 Å². The molecule has 0 saturated heterocycles. The maximum atomic E-state index is 5.81. The Morgan fingerprint density at radius 2 is 2.31 bits per heavy atom. The van der Waals surface area contributed by atoms with E-state index in [1.807, 2.05) is 25.5 Å². The predicted molar refractivity (Wildman–Crippen MR) is 64.5 cm³/mol. The van der Waals surface area contributed by atoms with Crippen LogP contribution in [-0.2, 0) is 7.05 Å². The lowest BCUT2D eigenvalue weighted by atomic mass is 10.2. The summed E-state index contributed by atoms with van der Waals surface area (Å²) >= 11 is 5.81. The van der Waals surface area contributed by atoms with E-state index in [4.69, 9.17) is 11.6 Å². The van der Waals surface area contributed by atoms with Crippen molar-refractivity contribution >= 4 is 17.3 Å². The summed E-state index contributed by atoms with van der Waals surface area (Å²) in [4.78, 5) is 3.93. The first-order valence-electron chi connectivity index (χ1n) is 5.02. The summed E-state index contributed by atoms with van der Waals surface area (Å²) in [5, 5.41) is 7.96. The van der Waals surface area contributed by atoms with Crippen molar-refractivity contribution in [2.75, 3.05) is 5.32 Å². The Morgan fingerprint density at radius 1 is 1.50 bits per heavy atom. The van der Waals surface area contributed by atoms with Gasteiger partial charge in [0.15, 0.2) is 0 Å². The van der Waals surface area contributed by atoms with Crippen molar-refractivity contribution in [2.45, 2.75) is 13.0 Å². The smallest absolute Gasteiger partial charge is 0.131 e. The van der Waals surface area contributed by atoms with Crippen molar-refractivity contribution in [2.24, 2.45) is 7.05 Å². The number of aryl methyl sites for hydroxylation is 1. The van der Waals surface area contributed by atoms with Crippen LogP contribution in [0, 0.1) is 0 Å². The van der Waals surface area contributed by atoms with Gasteiger partial charge >= 0.3 is 0 Å². The molecule has 0 aliphatic carbocycles. The van der Waals surface area contributed by atoms with Gasteiger partial charge in [-0.25, -0.2) is 4.98 Å². The molecule has 1 N–H and O–H groups in total. The molecule has 2 aromatic rings. The third-order valence-corrected chi connectivity index (χ3v) is 2.54. The minimum absolute atomic E-state index is 0.187. The molecule has 0 fully saturated rings. The van der Waals surface area contributed by atoms with Crippen LogP contribution in [0.1, 0.15) is 18.5 Å². The highest BCUT2D eigenvalue weighted by Gasteiger charge is 2.07. The molecule has 0 amide bonds. The Balaban J connectivity index is 2.10. The SMILES string of the molecule is CC(Nc1ccnc(Cl)c1)c1cnn(C)c1. The molecular weight excluding hydrogens is 224 g/mol. The highest BCUT2D eigenvalue weighted by molar-refractivity contribution is 6.29. The summed E-state index contributed by atoms with van der Waals surface area (Å²) in [7, 11) is 1.90. The number of nitrogens with zero attached hydrogens (tertiary/aromatic N) is 3. The molecule has 84 valence electrons. The molecule has 0 saturated carbocycles. The van der Waals surface area contributed by atoms with Gasteiger partial charge in [0.1, 0.15) is 5.15 Å². The zero-order chi connectivity index (χ0) is 11.5. The molecule has 1 atom stereocenters. The molecule has 0 aromatic carbocycles. The number of nitrogens with one attached hydrogen (secondary N) is 1. The van der Waals surface area contributed by atoms with E-state index in [0.717, 1.165) is 11.3 Å². The van der Waals surface area contributed by atoms with Gasteiger partial charge in [-0.2, -0.15) is 5.10 Å². The van der Waals surface area contributed by atoms with Crippen molar-refractivity contribution in [1.82, 2.24) is 14.8 Å². The number of aromatic nitrogens is 3. The summed E-state index contributed by atoms with van der Waals surface area (Å²) < 4.78 is 1.78. The average Bonchev–Trinajstić information content (AvgIpc) is 2.65. The van der Waals surface area contributed by atoms with Crippen LogP contribution in [0.15, 0.2) is 30.7 Å². The van der Waals surface area contributed by atoms with Crippen LogP contribution in [0.5, 0.6) is 0 Å². The van der Waals surface area contributed by atoms with Crippen LogP contribution < -0.4 is 5.32 Å². The lowest BCUT2D eigenvalue weighted by molar-refractivity contribution is 0.765. The maximum absolute atomic E-state index is 5.81. The van der Waals surface area contributed by atoms with Gasteiger partial charge in [0.25, 0.3) is 0 Å². The molecular formula is C11H13ClN4. The van der Waals surface area contributed by atoms with E-state index in [1.54, 1.807) is 16.9 Å². The number of halogens is 1. The second-order valence-electron chi connectivity index (χ2n) is 3.68. The molecule has 2 rings (SSSR count). The highest BCUT2D eigenvalue weighted by atomic mass is 35.5. The Kier molecular flexibility index (Phi) is 3.10. The van der Waals surface area contributed by atoms with E-state index in [0.29, 0.717) is 5.15 Å². The third kappa shape index (κ3) is 2.52. The molecule has 0 aliphatic heterocycles. The molecule has 0 aliphatic rings. The minimum atomic E-state index is 0.187. The lowest BCUT2D eigenvalue weighted by Gasteiger charge is -2.13. The van der Waals surface area contributed by atoms with Crippen molar-refractivity contribution in [1.29, 1.82) is 0 Å². The standard InChI is InChI=1S/C11H13ClN4/c1-8(9-6-14-16(2)7-9)15-10-3-4-13-11(12)5-10/h3-8H,1-2H3,(H,13,15). The zero-order valence-corrected chi connectivity index (χ0v) is 9.94. The van der Waals surface area contributed by atoms with Gasteiger partial charge in [0.05, 0.1) is 12.2 Å². The summed E-state index contributed by atoms with van der Waals surface area (Å²) in [5.41, 5.74) is 2.09. The van der Waals surface area contributed by atoms with Crippen LogP contribution in [0.2, 0.25) is 5.15 Å². The van der Waals surface area contributed by atoms with Gasteiger partial charge in [-0.3, -0.25) is 4.68 Å². The fraction of sp³-hybridized carbons (Fsp3) is 0.273. The first kappa shape index (κ1) is 11.0. The molecule has 16 heavy (non-hydrogen) atoms. The zero-order valence-electron chi connectivity index (χ0n) is 9.18. The van der Waals surface area contributed by atoms with Crippen molar-refractivity contribution in [3.05, 3.63) is 41.4 Å². The number of hydrogen-bond donors (Lipinski definition) is 1. The van der Waals surface area contributed by atoms with Crippen molar-refractivity contribution in [3.63, 3.8) is 0 Å². The van der Waals surface area contributed by atoms with Gasteiger partial charge in [0, 0.05) is 30.7 Å². The quantitative estimate of drug-likeness (QED) is 0.834. The fourth-order valence-corrected chi connectivity index (χ4v) is 1.66. The predicted octanol–water partition coefficient (Wildman–Crippen LogP) is 2.64. The first-order chi connectivity index (χ1) is 7.65. The summed E-state index contributed by atoms with van der Waals surface area (Å²) in [6.45, 7) is 2.07. The van der Waals surface area contributed by atoms with E-state index in [-0.39, 0.29) is 6.04 Å². The Labute approximate surface area is 99.3 Å². The Morgan fingerprint density at radius 3 is 2.94 bits per heavy atom. The molecule has 2 heterocycles. The highest BCUT2D eigenvalue weighted by Crippen LogP contribution is 2.19. The fourth-order valence-electron chi connectivity index (χ4n) is 1.49. The Bertz CT molecular complexity index is 480.